The van der Waals surface area contributed by atoms with Crippen molar-refractivity contribution in [2.75, 3.05) is 11.9 Å². The summed E-state index contributed by atoms with van der Waals surface area (Å²) in [5.74, 6) is -0.311. The molecular weight excluding hydrogens is 265 g/mol. The minimum Gasteiger partial charge on any atom is -0.290 e. The van der Waals surface area contributed by atoms with Crippen LogP contribution in [-0.4, -0.2) is 23.2 Å². The molecule has 0 aliphatic rings. The zero-order chi connectivity index (χ0) is 13.8. The lowest BCUT2D eigenvalue weighted by Gasteiger charge is -2.11. The summed E-state index contributed by atoms with van der Waals surface area (Å²) in [6.45, 7) is 1.95. The van der Waals surface area contributed by atoms with E-state index in [1.165, 1.54) is 28.4 Å². The van der Waals surface area contributed by atoms with E-state index >= 15 is 0 Å². The molecular formula is C13H14FN3OS. The molecule has 0 saturated carbocycles. The van der Waals surface area contributed by atoms with Gasteiger partial charge in [-0.1, -0.05) is 30.4 Å². The minimum atomic E-state index is -0.315. The number of aromatic nitrogens is 2. The molecule has 0 saturated heterocycles. The molecule has 6 heteroatoms. The Morgan fingerprint density at radius 2 is 2.21 bits per heavy atom. The zero-order valence-electron chi connectivity index (χ0n) is 10.8. The number of halogens is 1. The van der Waals surface area contributed by atoms with Crippen LogP contribution < -0.4 is 4.90 Å². The molecule has 0 unspecified atom stereocenters. The summed E-state index contributed by atoms with van der Waals surface area (Å²) >= 11 is 1.27. The van der Waals surface area contributed by atoms with Crippen molar-refractivity contribution in [3.05, 3.63) is 30.1 Å². The summed E-state index contributed by atoms with van der Waals surface area (Å²) in [7, 11) is 1.67. The summed E-state index contributed by atoms with van der Waals surface area (Å²) in [6, 6.07) is 6.17. The second-order valence-electron chi connectivity index (χ2n) is 4.10. The predicted molar refractivity (Wildman–Crippen MR) is 73.6 cm³/mol. The summed E-state index contributed by atoms with van der Waals surface area (Å²) in [6.07, 6.45) is 1.27. The van der Waals surface area contributed by atoms with Crippen LogP contribution in [0.5, 0.6) is 0 Å². The first-order valence-corrected chi connectivity index (χ1v) is 6.79. The van der Waals surface area contributed by atoms with Gasteiger partial charge in [0, 0.05) is 19.0 Å². The summed E-state index contributed by atoms with van der Waals surface area (Å²) < 4.78 is 13.1. The molecule has 0 atom stereocenters. The average molecular weight is 279 g/mol. The third kappa shape index (κ3) is 3.14. The molecule has 0 bridgehead atoms. The Kier molecular flexibility index (Phi) is 4.21. The number of nitrogens with zero attached hydrogens (tertiary/aromatic N) is 3. The highest BCUT2D eigenvalue weighted by molar-refractivity contribution is 7.18. The quantitative estimate of drug-likeness (QED) is 0.864. The van der Waals surface area contributed by atoms with E-state index in [0.717, 1.165) is 6.42 Å². The van der Waals surface area contributed by atoms with E-state index in [4.69, 9.17) is 0 Å². The van der Waals surface area contributed by atoms with Crippen LogP contribution >= 0.6 is 11.3 Å². The molecule has 1 aromatic carbocycles. The number of carbonyl (C=O) groups is 1. The summed E-state index contributed by atoms with van der Waals surface area (Å²) in [5.41, 5.74) is 0.667. The monoisotopic (exact) mass is 279 g/mol. The molecule has 0 spiro atoms. The van der Waals surface area contributed by atoms with Crippen LogP contribution in [0.2, 0.25) is 0 Å². The van der Waals surface area contributed by atoms with Crippen molar-refractivity contribution in [1.82, 2.24) is 10.2 Å². The normalized spacial score (nSPS) is 10.5. The molecule has 0 N–H and O–H groups in total. The van der Waals surface area contributed by atoms with Crippen molar-refractivity contribution in [2.24, 2.45) is 0 Å². The van der Waals surface area contributed by atoms with Crippen LogP contribution in [0.25, 0.3) is 10.6 Å². The number of anilines is 1. The predicted octanol–water partition coefficient (Wildman–Crippen LogP) is 3.11. The maximum Gasteiger partial charge on any atom is 0.228 e. The lowest BCUT2D eigenvalue weighted by atomic mass is 10.2. The zero-order valence-corrected chi connectivity index (χ0v) is 11.6. The van der Waals surface area contributed by atoms with Crippen LogP contribution in [0, 0.1) is 5.82 Å². The third-order valence-electron chi connectivity index (χ3n) is 2.61. The van der Waals surface area contributed by atoms with Crippen molar-refractivity contribution in [3.8, 4) is 10.6 Å². The van der Waals surface area contributed by atoms with Crippen LogP contribution in [0.15, 0.2) is 24.3 Å². The molecule has 19 heavy (non-hydrogen) atoms. The highest BCUT2D eigenvalue weighted by Crippen LogP contribution is 2.28. The average Bonchev–Trinajstić information content (AvgIpc) is 2.87. The Morgan fingerprint density at radius 1 is 1.42 bits per heavy atom. The van der Waals surface area contributed by atoms with Gasteiger partial charge in [-0.25, -0.2) is 4.39 Å². The van der Waals surface area contributed by atoms with Crippen molar-refractivity contribution >= 4 is 22.4 Å². The van der Waals surface area contributed by atoms with E-state index in [2.05, 4.69) is 10.2 Å². The van der Waals surface area contributed by atoms with Crippen molar-refractivity contribution in [1.29, 1.82) is 0 Å². The van der Waals surface area contributed by atoms with Crippen LogP contribution in [-0.2, 0) is 4.79 Å². The van der Waals surface area contributed by atoms with Crippen LogP contribution in [0.3, 0.4) is 0 Å². The van der Waals surface area contributed by atoms with E-state index in [1.54, 1.807) is 19.2 Å². The molecule has 0 aliphatic carbocycles. The number of hydrogen-bond acceptors (Lipinski definition) is 4. The molecule has 1 heterocycles. The number of amides is 1. The van der Waals surface area contributed by atoms with Gasteiger partial charge >= 0.3 is 0 Å². The number of benzene rings is 1. The molecule has 0 fully saturated rings. The molecule has 1 amide bonds. The Balaban J connectivity index is 2.21. The molecule has 2 rings (SSSR count). The standard InChI is InChI=1S/C13H14FN3OS/c1-3-5-11(18)17(2)13-16-15-12(19-13)9-6-4-7-10(14)8-9/h4,6-8H,3,5H2,1-2H3. The fourth-order valence-electron chi connectivity index (χ4n) is 1.58. The first-order chi connectivity index (χ1) is 9.11. The third-order valence-corrected chi connectivity index (χ3v) is 3.66. The van der Waals surface area contributed by atoms with Gasteiger partial charge in [-0.3, -0.25) is 9.69 Å². The van der Waals surface area contributed by atoms with Crippen molar-refractivity contribution < 1.29 is 9.18 Å². The second kappa shape index (κ2) is 5.88. The molecule has 0 aliphatic heterocycles. The molecule has 1 aromatic heterocycles. The van der Waals surface area contributed by atoms with Crippen LogP contribution in [0.4, 0.5) is 9.52 Å². The highest BCUT2D eigenvalue weighted by atomic mass is 32.1. The first-order valence-electron chi connectivity index (χ1n) is 5.98. The number of hydrogen-bond donors (Lipinski definition) is 0. The van der Waals surface area contributed by atoms with Gasteiger partial charge in [0.25, 0.3) is 0 Å². The Hall–Kier alpha value is -1.82. The van der Waals surface area contributed by atoms with Gasteiger partial charge in [-0.15, -0.1) is 10.2 Å². The van der Waals surface area contributed by atoms with Gasteiger partial charge in [0.1, 0.15) is 10.8 Å². The maximum absolute atomic E-state index is 13.1. The van der Waals surface area contributed by atoms with Gasteiger partial charge in [0.15, 0.2) is 0 Å². The lowest BCUT2D eigenvalue weighted by molar-refractivity contribution is -0.118. The van der Waals surface area contributed by atoms with Gasteiger partial charge in [-0.2, -0.15) is 0 Å². The fraction of sp³-hybridized carbons (Fsp3) is 0.308. The smallest absolute Gasteiger partial charge is 0.228 e. The van der Waals surface area contributed by atoms with E-state index in [-0.39, 0.29) is 11.7 Å². The highest BCUT2D eigenvalue weighted by Gasteiger charge is 2.15. The number of rotatable bonds is 4. The van der Waals surface area contributed by atoms with Gasteiger partial charge in [-0.05, 0) is 18.6 Å². The van der Waals surface area contributed by atoms with E-state index < -0.39 is 0 Å². The topological polar surface area (TPSA) is 46.1 Å². The molecule has 4 nitrogen and oxygen atoms in total. The SMILES string of the molecule is CCCC(=O)N(C)c1nnc(-c2cccc(F)c2)s1. The lowest BCUT2D eigenvalue weighted by Crippen LogP contribution is -2.25. The largest absolute Gasteiger partial charge is 0.290 e. The van der Waals surface area contributed by atoms with E-state index in [9.17, 15) is 9.18 Å². The van der Waals surface area contributed by atoms with Gasteiger partial charge in [0.05, 0.1) is 0 Å². The summed E-state index contributed by atoms with van der Waals surface area (Å²) in [5, 5.41) is 9.10. The van der Waals surface area contributed by atoms with Crippen molar-refractivity contribution in [3.63, 3.8) is 0 Å². The molecule has 2 aromatic rings. The van der Waals surface area contributed by atoms with Crippen molar-refractivity contribution in [2.45, 2.75) is 19.8 Å². The molecule has 0 radical (unpaired) electrons. The minimum absolute atomic E-state index is 0.00411. The Labute approximate surface area is 114 Å². The van der Waals surface area contributed by atoms with Gasteiger partial charge < -0.3 is 0 Å². The second-order valence-corrected chi connectivity index (χ2v) is 5.06. The fourth-order valence-corrected chi connectivity index (χ4v) is 2.40. The Bertz CT molecular complexity index is 585. The van der Waals surface area contributed by atoms with E-state index in [1.807, 2.05) is 6.92 Å². The molecule has 100 valence electrons. The van der Waals surface area contributed by atoms with Crippen LogP contribution in [0.1, 0.15) is 19.8 Å². The first kappa shape index (κ1) is 13.6. The van der Waals surface area contributed by atoms with E-state index in [0.29, 0.717) is 22.1 Å². The maximum atomic E-state index is 13.1. The summed E-state index contributed by atoms with van der Waals surface area (Å²) in [4.78, 5) is 13.2. The Morgan fingerprint density at radius 3 is 2.89 bits per heavy atom. The van der Waals surface area contributed by atoms with Gasteiger partial charge in [0.2, 0.25) is 11.0 Å². The number of carbonyl (C=O) groups excluding carboxylic acids is 1.